The van der Waals surface area contributed by atoms with Crippen molar-refractivity contribution < 1.29 is 23.2 Å². The molecule has 0 fully saturated rings. The van der Waals surface area contributed by atoms with Crippen molar-refractivity contribution in [1.29, 1.82) is 0 Å². The molecule has 0 spiro atoms. The fourth-order valence-electron chi connectivity index (χ4n) is 2.34. The van der Waals surface area contributed by atoms with Crippen molar-refractivity contribution in [1.82, 2.24) is 14.8 Å². The average molecular weight is 409 g/mol. The summed E-state index contributed by atoms with van der Waals surface area (Å²) in [5.74, 6) is -0.408. The first-order valence-electron chi connectivity index (χ1n) is 7.81. The van der Waals surface area contributed by atoms with Crippen LogP contribution >= 0.6 is 11.3 Å². The number of aromatic nitrogens is 3. The number of ether oxygens (including phenoxy) is 1. The Balaban J connectivity index is 1.64. The predicted octanol–water partition coefficient (Wildman–Crippen LogP) is 3.46. The van der Waals surface area contributed by atoms with E-state index in [0.717, 1.165) is 6.20 Å². The number of nitrogens with zero attached hydrogens (tertiary/aromatic N) is 4. The first-order valence-corrected chi connectivity index (χ1v) is 8.69. The van der Waals surface area contributed by atoms with Gasteiger partial charge >= 0.3 is 12.3 Å². The van der Waals surface area contributed by atoms with Crippen LogP contribution in [0.4, 0.5) is 19.6 Å². The molecule has 2 heterocycles. The average Bonchev–Trinajstić information content (AvgIpc) is 3.22. The second kappa shape index (κ2) is 8.08. The van der Waals surface area contributed by atoms with Gasteiger partial charge in [0.25, 0.3) is 0 Å². The fourth-order valence-corrected chi connectivity index (χ4v) is 3.08. The normalized spacial score (nSPS) is 10.9. The van der Waals surface area contributed by atoms with Crippen LogP contribution in [0.3, 0.4) is 0 Å². The number of hydrogen-bond donors (Lipinski definition) is 1. The van der Waals surface area contributed by atoms with Crippen LogP contribution in [0.5, 0.6) is 5.75 Å². The van der Waals surface area contributed by atoms with Gasteiger partial charge in [0.2, 0.25) is 5.91 Å². The summed E-state index contributed by atoms with van der Waals surface area (Å²) >= 11 is 1.18. The van der Waals surface area contributed by atoms with Gasteiger partial charge in [0.1, 0.15) is 24.2 Å². The summed E-state index contributed by atoms with van der Waals surface area (Å²) in [6, 6.07) is 5.94. The zero-order chi connectivity index (χ0) is 20.3. The number of amides is 1. The minimum Gasteiger partial charge on any atom is -0.435 e. The molecule has 0 aliphatic rings. The van der Waals surface area contributed by atoms with Gasteiger partial charge < -0.3 is 10.1 Å². The zero-order valence-corrected chi connectivity index (χ0v) is 15.2. The van der Waals surface area contributed by atoms with Crippen LogP contribution in [-0.4, -0.2) is 32.2 Å². The van der Waals surface area contributed by atoms with Crippen LogP contribution in [0.1, 0.15) is 5.69 Å². The number of hydrogen-bond acceptors (Lipinski definition) is 7. The van der Waals surface area contributed by atoms with Crippen LogP contribution in [0.25, 0.3) is 11.3 Å². The standard InChI is InChI=1S/C16H13F2N5O4S/c1-9-13(23(25)26)6-19-22(9)7-14(24)21-16-20-12(8-28-16)10-2-4-11(5-3-10)27-15(17)18/h2-6,8,15H,7H2,1H3,(H,20,21,24). The quantitative estimate of drug-likeness (QED) is 0.472. The summed E-state index contributed by atoms with van der Waals surface area (Å²) in [7, 11) is 0. The molecule has 1 aromatic carbocycles. The molecule has 1 N–H and O–H groups in total. The molecule has 3 aromatic rings. The van der Waals surface area contributed by atoms with E-state index in [1.54, 1.807) is 17.5 Å². The van der Waals surface area contributed by atoms with Crippen molar-refractivity contribution in [2.24, 2.45) is 0 Å². The van der Waals surface area contributed by atoms with Gasteiger partial charge in [-0.05, 0) is 31.2 Å². The van der Waals surface area contributed by atoms with Gasteiger partial charge in [-0.1, -0.05) is 0 Å². The molecular weight excluding hydrogens is 396 g/mol. The second-order valence-corrected chi connectivity index (χ2v) is 6.38. The molecule has 0 saturated carbocycles. The number of benzene rings is 1. The van der Waals surface area contributed by atoms with Gasteiger partial charge in [0.15, 0.2) is 5.13 Å². The van der Waals surface area contributed by atoms with Crippen molar-refractivity contribution in [3.05, 3.63) is 51.7 Å². The SMILES string of the molecule is Cc1c([N+](=O)[O-])cnn1CC(=O)Nc1nc(-c2ccc(OC(F)F)cc2)cs1. The highest BCUT2D eigenvalue weighted by Gasteiger charge is 2.18. The number of thiazole rings is 1. The van der Waals surface area contributed by atoms with Crippen LogP contribution in [0, 0.1) is 17.0 Å². The first-order chi connectivity index (χ1) is 13.3. The summed E-state index contributed by atoms with van der Waals surface area (Å²) in [4.78, 5) is 26.7. The molecule has 0 aliphatic heterocycles. The number of carbonyl (C=O) groups is 1. The smallest absolute Gasteiger partial charge is 0.387 e. The van der Waals surface area contributed by atoms with Crippen LogP contribution in [0.2, 0.25) is 0 Å². The maximum absolute atomic E-state index is 12.2. The highest BCUT2D eigenvalue weighted by molar-refractivity contribution is 7.14. The number of nitrogens with one attached hydrogen (secondary N) is 1. The number of anilines is 1. The van der Waals surface area contributed by atoms with E-state index in [1.807, 2.05) is 0 Å². The van der Waals surface area contributed by atoms with E-state index >= 15 is 0 Å². The maximum Gasteiger partial charge on any atom is 0.387 e. The van der Waals surface area contributed by atoms with Crippen LogP contribution in [-0.2, 0) is 11.3 Å². The molecule has 0 bridgehead atoms. The first kappa shape index (κ1) is 19.4. The number of nitro groups is 1. The molecule has 28 heavy (non-hydrogen) atoms. The molecule has 0 unspecified atom stereocenters. The summed E-state index contributed by atoms with van der Waals surface area (Å²) in [6.07, 6.45) is 1.09. The Morgan fingerprint density at radius 3 is 2.71 bits per heavy atom. The third-order valence-corrected chi connectivity index (χ3v) is 4.45. The number of carbonyl (C=O) groups excluding carboxylic acids is 1. The third kappa shape index (κ3) is 4.46. The van der Waals surface area contributed by atoms with E-state index < -0.39 is 17.4 Å². The van der Waals surface area contributed by atoms with Gasteiger partial charge in [-0.25, -0.2) is 4.98 Å². The molecule has 146 valence electrons. The molecule has 2 aromatic heterocycles. The Labute approximate surface area is 160 Å². The summed E-state index contributed by atoms with van der Waals surface area (Å²) in [5.41, 5.74) is 1.32. The van der Waals surface area contributed by atoms with E-state index in [-0.39, 0.29) is 23.7 Å². The lowest BCUT2D eigenvalue weighted by Gasteiger charge is -2.05. The van der Waals surface area contributed by atoms with Gasteiger partial charge in [0.05, 0.1) is 10.6 Å². The summed E-state index contributed by atoms with van der Waals surface area (Å²) < 4.78 is 29.9. The second-order valence-electron chi connectivity index (χ2n) is 5.52. The van der Waals surface area contributed by atoms with Gasteiger partial charge in [-0.2, -0.15) is 13.9 Å². The third-order valence-electron chi connectivity index (χ3n) is 3.69. The summed E-state index contributed by atoms with van der Waals surface area (Å²) in [5, 5.41) is 19.3. The van der Waals surface area contributed by atoms with Crippen molar-refractivity contribution >= 4 is 28.1 Å². The Kier molecular flexibility index (Phi) is 5.59. The highest BCUT2D eigenvalue weighted by atomic mass is 32.1. The Bertz CT molecular complexity index is 1000. The number of rotatable bonds is 7. The van der Waals surface area contributed by atoms with Crippen LogP contribution < -0.4 is 10.1 Å². The monoisotopic (exact) mass is 409 g/mol. The van der Waals surface area contributed by atoms with Crippen molar-refractivity contribution in [2.45, 2.75) is 20.1 Å². The van der Waals surface area contributed by atoms with Gasteiger partial charge in [-0.15, -0.1) is 11.3 Å². The Morgan fingerprint density at radius 2 is 2.11 bits per heavy atom. The maximum atomic E-state index is 12.2. The van der Waals surface area contributed by atoms with Crippen molar-refractivity contribution in [2.75, 3.05) is 5.32 Å². The van der Waals surface area contributed by atoms with E-state index in [1.165, 1.54) is 35.1 Å². The number of alkyl halides is 2. The van der Waals surface area contributed by atoms with E-state index in [9.17, 15) is 23.7 Å². The van der Waals surface area contributed by atoms with Gasteiger partial charge in [0, 0.05) is 10.9 Å². The van der Waals surface area contributed by atoms with Crippen LogP contribution in [0.15, 0.2) is 35.8 Å². The summed E-state index contributed by atoms with van der Waals surface area (Å²) in [6.45, 7) is -1.60. The molecule has 9 nitrogen and oxygen atoms in total. The molecule has 12 heteroatoms. The molecule has 0 saturated heterocycles. The lowest BCUT2D eigenvalue weighted by atomic mass is 10.2. The highest BCUT2D eigenvalue weighted by Crippen LogP contribution is 2.27. The number of halogens is 2. The lowest BCUT2D eigenvalue weighted by Crippen LogP contribution is -2.20. The largest absolute Gasteiger partial charge is 0.435 e. The Morgan fingerprint density at radius 1 is 1.39 bits per heavy atom. The molecule has 3 rings (SSSR count). The van der Waals surface area contributed by atoms with Gasteiger partial charge in [-0.3, -0.25) is 19.6 Å². The molecule has 0 atom stereocenters. The molecular formula is C16H13F2N5O4S. The van der Waals surface area contributed by atoms with E-state index in [0.29, 0.717) is 16.4 Å². The minimum absolute atomic E-state index is 0.0335. The molecule has 0 radical (unpaired) electrons. The fraction of sp³-hybridized carbons (Fsp3) is 0.188. The topological polar surface area (TPSA) is 112 Å². The lowest BCUT2D eigenvalue weighted by molar-refractivity contribution is -0.385. The van der Waals surface area contributed by atoms with Crippen molar-refractivity contribution in [3.8, 4) is 17.0 Å². The van der Waals surface area contributed by atoms with Crippen molar-refractivity contribution in [3.63, 3.8) is 0 Å². The molecule has 1 amide bonds. The van der Waals surface area contributed by atoms with E-state index in [2.05, 4.69) is 20.1 Å². The minimum atomic E-state index is -2.90. The van der Waals surface area contributed by atoms with E-state index in [4.69, 9.17) is 0 Å². The Hall–Kier alpha value is -3.41. The zero-order valence-electron chi connectivity index (χ0n) is 14.3. The predicted molar refractivity (Wildman–Crippen MR) is 96.4 cm³/mol. The molecule has 0 aliphatic carbocycles.